The van der Waals surface area contributed by atoms with E-state index in [1.54, 1.807) is 12.1 Å². The van der Waals surface area contributed by atoms with Crippen LogP contribution in [0.2, 0.25) is 0 Å². The number of non-ortho nitro benzene ring substituents is 1. The van der Waals surface area contributed by atoms with E-state index in [4.69, 9.17) is 11.6 Å². The molecule has 3 nitrogen and oxygen atoms in total. The Kier molecular flexibility index (Phi) is 3.25. The van der Waals surface area contributed by atoms with Gasteiger partial charge in [-0.15, -0.1) is 11.6 Å². The van der Waals surface area contributed by atoms with Gasteiger partial charge in [0, 0.05) is 12.1 Å². The van der Waals surface area contributed by atoms with Crippen LogP contribution in [-0.2, 0) is 0 Å². The molecule has 0 saturated heterocycles. The second-order valence-electron chi connectivity index (χ2n) is 2.61. The van der Waals surface area contributed by atoms with Crippen molar-refractivity contribution in [2.45, 2.75) is 11.8 Å². The molecule has 4 heteroatoms. The lowest BCUT2D eigenvalue weighted by Gasteiger charge is -2.05. The molecule has 0 spiro atoms. The van der Waals surface area contributed by atoms with Gasteiger partial charge in [-0.25, -0.2) is 0 Å². The lowest BCUT2D eigenvalue weighted by atomic mass is 10.1. The van der Waals surface area contributed by atoms with Gasteiger partial charge in [0.1, 0.15) is 0 Å². The molecule has 0 fully saturated rings. The third-order valence-electron chi connectivity index (χ3n) is 1.70. The van der Waals surface area contributed by atoms with E-state index in [0.29, 0.717) is 6.42 Å². The van der Waals surface area contributed by atoms with Crippen LogP contribution in [0.4, 0.5) is 5.69 Å². The standard InChI is InChI=1S/C9H9ClNO2/c1-2-9(10)7-4-3-5-8(6-7)11(12)13/h3-6,9H,1-2H2. The Morgan fingerprint density at radius 2 is 2.31 bits per heavy atom. The van der Waals surface area contributed by atoms with Crippen molar-refractivity contribution in [2.24, 2.45) is 0 Å². The summed E-state index contributed by atoms with van der Waals surface area (Å²) < 4.78 is 0. The molecular weight excluding hydrogens is 190 g/mol. The molecule has 0 amide bonds. The lowest BCUT2D eigenvalue weighted by molar-refractivity contribution is -0.384. The Balaban J connectivity index is 2.98. The Labute approximate surface area is 81.5 Å². The van der Waals surface area contributed by atoms with Crippen molar-refractivity contribution in [3.05, 3.63) is 46.9 Å². The monoisotopic (exact) mass is 198 g/mol. The zero-order chi connectivity index (χ0) is 9.84. The highest BCUT2D eigenvalue weighted by Crippen LogP contribution is 2.26. The maximum absolute atomic E-state index is 10.4. The predicted molar refractivity (Wildman–Crippen MR) is 51.7 cm³/mol. The topological polar surface area (TPSA) is 43.1 Å². The molecule has 1 rings (SSSR count). The highest BCUT2D eigenvalue weighted by Gasteiger charge is 2.10. The van der Waals surface area contributed by atoms with E-state index in [1.165, 1.54) is 12.1 Å². The van der Waals surface area contributed by atoms with Crippen molar-refractivity contribution in [3.63, 3.8) is 0 Å². The molecule has 0 N–H and O–H groups in total. The third-order valence-corrected chi connectivity index (χ3v) is 2.17. The van der Waals surface area contributed by atoms with Crippen LogP contribution in [0.1, 0.15) is 17.4 Å². The fourth-order valence-electron chi connectivity index (χ4n) is 1.000. The van der Waals surface area contributed by atoms with Crippen molar-refractivity contribution in [2.75, 3.05) is 0 Å². The van der Waals surface area contributed by atoms with Crippen LogP contribution in [0, 0.1) is 17.0 Å². The lowest BCUT2D eigenvalue weighted by Crippen LogP contribution is -1.92. The summed E-state index contributed by atoms with van der Waals surface area (Å²) in [6, 6.07) is 6.30. The molecule has 0 aromatic heterocycles. The molecule has 0 aliphatic heterocycles. The minimum absolute atomic E-state index is 0.0663. The number of alkyl halides is 1. The van der Waals surface area contributed by atoms with Crippen molar-refractivity contribution in [1.29, 1.82) is 0 Å². The molecular formula is C9H9ClNO2. The minimum Gasteiger partial charge on any atom is -0.258 e. The van der Waals surface area contributed by atoms with Gasteiger partial charge in [-0.2, -0.15) is 0 Å². The van der Waals surface area contributed by atoms with Gasteiger partial charge >= 0.3 is 0 Å². The Morgan fingerprint density at radius 3 is 2.85 bits per heavy atom. The summed E-state index contributed by atoms with van der Waals surface area (Å²) in [6.45, 7) is 3.63. The summed E-state index contributed by atoms with van der Waals surface area (Å²) >= 11 is 5.88. The van der Waals surface area contributed by atoms with Gasteiger partial charge in [-0.05, 0) is 12.0 Å². The molecule has 1 aromatic carbocycles. The smallest absolute Gasteiger partial charge is 0.258 e. The van der Waals surface area contributed by atoms with Crippen molar-refractivity contribution >= 4 is 17.3 Å². The normalized spacial score (nSPS) is 12.5. The van der Waals surface area contributed by atoms with Crippen LogP contribution >= 0.6 is 11.6 Å². The number of rotatable bonds is 3. The molecule has 1 atom stereocenters. The highest BCUT2D eigenvalue weighted by molar-refractivity contribution is 6.20. The molecule has 0 aliphatic rings. The van der Waals surface area contributed by atoms with Crippen LogP contribution in [0.3, 0.4) is 0 Å². The van der Waals surface area contributed by atoms with Gasteiger partial charge in [0.15, 0.2) is 0 Å². The van der Waals surface area contributed by atoms with Gasteiger partial charge in [0.05, 0.1) is 10.3 Å². The molecule has 1 radical (unpaired) electrons. The quantitative estimate of drug-likeness (QED) is 0.426. The van der Waals surface area contributed by atoms with Gasteiger partial charge in [-0.3, -0.25) is 10.1 Å². The van der Waals surface area contributed by atoms with Gasteiger partial charge < -0.3 is 0 Å². The van der Waals surface area contributed by atoms with Gasteiger partial charge in [0.25, 0.3) is 5.69 Å². The first kappa shape index (κ1) is 9.99. The van der Waals surface area contributed by atoms with E-state index in [1.807, 2.05) is 0 Å². The summed E-state index contributed by atoms with van der Waals surface area (Å²) in [5.41, 5.74) is 0.808. The second kappa shape index (κ2) is 4.23. The number of nitro groups is 1. The van der Waals surface area contributed by atoms with E-state index in [9.17, 15) is 10.1 Å². The first-order chi connectivity index (χ1) is 6.15. The number of nitro benzene ring substituents is 1. The van der Waals surface area contributed by atoms with E-state index in [2.05, 4.69) is 6.92 Å². The van der Waals surface area contributed by atoms with E-state index in [-0.39, 0.29) is 11.1 Å². The fraction of sp³-hybridized carbons (Fsp3) is 0.222. The molecule has 0 heterocycles. The summed E-state index contributed by atoms with van der Waals surface area (Å²) in [4.78, 5) is 9.98. The Bertz CT molecular complexity index is 314. The third kappa shape index (κ3) is 2.42. The number of nitrogens with zero attached hydrogens (tertiary/aromatic N) is 1. The molecule has 1 aromatic rings. The van der Waals surface area contributed by atoms with Crippen LogP contribution in [-0.4, -0.2) is 4.92 Å². The number of hydrogen-bond acceptors (Lipinski definition) is 2. The van der Waals surface area contributed by atoms with Crippen LogP contribution < -0.4 is 0 Å². The van der Waals surface area contributed by atoms with Crippen LogP contribution in [0.25, 0.3) is 0 Å². The molecule has 69 valence electrons. The molecule has 0 bridgehead atoms. The second-order valence-corrected chi connectivity index (χ2v) is 3.14. The zero-order valence-electron chi connectivity index (χ0n) is 6.94. The molecule has 1 unspecified atom stereocenters. The first-order valence-corrected chi connectivity index (χ1v) is 4.26. The summed E-state index contributed by atoms with van der Waals surface area (Å²) in [7, 11) is 0. The minimum atomic E-state index is -0.434. The Morgan fingerprint density at radius 1 is 1.62 bits per heavy atom. The SMILES string of the molecule is [CH2]CC(Cl)c1cccc([N+](=O)[O-])c1. The van der Waals surface area contributed by atoms with Gasteiger partial charge in [-0.1, -0.05) is 19.1 Å². The molecule has 0 saturated carbocycles. The molecule has 0 aliphatic carbocycles. The number of benzene rings is 1. The number of halogens is 1. The summed E-state index contributed by atoms with van der Waals surface area (Å²) in [5, 5.41) is 10.2. The average Bonchev–Trinajstić information content (AvgIpc) is 2.17. The van der Waals surface area contributed by atoms with E-state index in [0.717, 1.165) is 5.56 Å². The molecule has 13 heavy (non-hydrogen) atoms. The maximum atomic E-state index is 10.4. The zero-order valence-corrected chi connectivity index (χ0v) is 7.70. The predicted octanol–water partition coefficient (Wildman–Crippen LogP) is 3.10. The van der Waals surface area contributed by atoms with E-state index < -0.39 is 4.92 Å². The van der Waals surface area contributed by atoms with Gasteiger partial charge in [0.2, 0.25) is 0 Å². The van der Waals surface area contributed by atoms with Crippen molar-refractivity contribution in [3.8, 4) is 0 Å². The summed E-state index contributed by atoms with van der Waals surface area (Å²) in [5.74, 6) is 0. The highest BCUT2D eigenvalue weighted by atomic mass is 35.5. The van der Waals surface area contributed by atoms with Crippen molar-refractivity contribution in [1.82, 2.24) is 0 Å². The maximum Gasteiger partial charge on any atom is 0.269 e. The Hall–Kier alpha value is -1.09. The first-order valence-electron chi connectivity index (χ1n) is 3.83. The van der Waals surface area contributed by atoms with Crippen molar-refractivity contribution < 1.29 is 4.92 Å². The average molecular weight is 199 g/mol. The van der Waals surface area contributed by atoms with E-state index >= 15 is 0 Å². The fourth-order valence-corrected chi connectivity index (χ4v) is 1.14. The summed E-state index contributed by atoms with van der Waals surface area (Å²) in [6.07, 6.45) is 0.517. The largest absolute Gasteiger partial charge is 0.269 e. The van der Waals surface area contributed by atoms with Crippen LogP contribution in [0.5, 0.6) is 0 Å². The van der Waals surface area contributed by atoms with Crippen LogP contribution in [0.15, 0.2) is 24.3 Å². The number of hydrogen-bond donors (Lipinski definition) is 0.